The lowest BCUT2D eigenvalue weighted by Gasteiger charge is -2.05. The van der Waals surface area contributed by atoms with E-state index in [1.807, 2.05) is 36.7 Å². The fourth-order valence-electron chi connectivity index (χ4n) is 1.60. The normalized spacial score (nSPS) is 10.7. The average Bonchev–Trinajstić information content (AvgIpc) is 2.92. The maximum absolute atomic E-state index is 5.49. The molecule has 2 aromatic rings. The number of ether oxygens (including phenoxy) is 1. The van der Waals surface area contributed by atoms with E-state index >= 15 is 0 Å². The number of nitrogens with zero attached hydrogens (tertiary/aromatic N) is 1. The van der Waals surface area contributed by atoms with Crippen LogP contribution in [-0.2, 0) is 17.9 Å². The summed E-state index contributed by atoms with van der Waals surface area (Å²) in [5.74, 6) is 0.875. The van der Waals surface area contributed by atoms with Crippen molar-refractivity contribution in [2.75, 3.05) is 13.2 Å². The van der Waals surface area contributed by atoms with Crippen LogP contribution in [-0.4, -0.2) is 18.1 Å². The lowest BCUT2D eigenvalue weighted by Crippen LogP contribution is -2.16. The van der Waals surface area contributed by atoms with Crippen molar-refractivity contribution >= 4 is 0 Å². The summed E-state index contributed by atoms with van der Waals surface area (Å²) >= 11 is 0. The number of hydrogen-bond donors (Lipinski definition) is 1. The van der Waals surface area contributed by atoms with E-state index in [9.17, 15) is 0 Å². The van der Waals surface area contributed by atoms with Gasteiger partial charge in [-0.25, -0.2) is 0 Å². The minimum absolute atomic E-state index is 0.553. The molecular formula is C14H18N2O2. The average molecular weight is 246 g/mol. The lowest BCUT2D eigenvalue weighted by atomic mass is 10.3. The fourth-order valence-corrected chi connectivity index (χ4v) is 1.60. The largest absolute Gasteiger partial charge is 0.467 e. The molecule has 2 heterocycles. The highest BCUT2D eigenvalue weighted by atomic mass is 16.5. The molecule has 0 aliphatic rings. The van der Waals surface area contributed by atoms with Gasteiger partial charge in [-0.05, 0) is 42.8 Å². The molecule has 2 aromatic heterocycles. The summed E-state index contributed by atoms with van der Waals surface area (Å²) in [6, 6.07) is 7.82. The van der Waals surface area contributed by atoms with Gasteiger partial charge in [0, 0.05) is 25.5 Å². The van der Waals surface area contributed by atoms with Gasteiger partial charge in [-0.2, -0.15) is 0 Å². The van der Waals surface area contributed by atoms with Gasteiger partial charge in [-0.3, -0.25) is 4.98 Å². The molecule has 4 nitrogen and oxygen atoms in total. The zero-order chi connectivity index (χ0) is 12.5. The minimum atomic E-state index is 0.553. The number of hydrogen-bond acceptors (Lipinski definition) is 4. The van der Waals surface area contributed by atoms with Crippen LogP contribution < -0.4 is 5.32 Å². The second-order valence-electron chi connectivity index (χ2n) is 4.02. The van der Waals surface area contributed by atoms with Gasteiger partial charge in [-0.15, -0.1) is 0 Å². The summed E-state index contributed by atoms with van der Waals surface area (Å²) in [4.78, 5) is 3.98. The van der Waals surface area contributed by atoms with Crippen LogP contribution in [0.3, 0.4) is 0 Å². The Morgan fingerprint density at radius 3 is 2.89 bits per heavy atom. The Bertz CT molecular complexity index is 415. The first-order chi connectivity index (χ1) is 8.95. The van der Waals surface area contributed by atoms with Crippen LogP contribution in [0.25, 0.3) is 0 Å². The predicted octanol–water partition coefficient (Wildman–Crippen LogP) is 2.37. The second-order valence-corrected chi connectivity index (χ2v) is 4.02. The number of nitrogens with one attached hydrogen (secondary N) is 1. The van der Waals surface area contributed by atoms with E-state index in [4.69, 9.17) is 9.15 Å². The number of pyridine rings is 1. The van der Waals surface area contributed by atoms with Crippen molar-refractivity contribution in [1.29, 1.82) is 0 Å². The maximum atomic E-state index is 5.49. The third kappa shape index (κ3) is 4.69. The third-order valence-electron chi connectivity index (χ3n) is 2.55. The van der Waals surface area contributed by atoms with E-state index in [2.05, 4.69) is 10.3 Å². The van der Waals surface area contributed by atoms with Gasteiger partial charge in [-0.1, -0.05) is 0 Å². The van der Waals surface area contributed by atoms with Gasteiger partial charge in [0.15, 0.2) is 0 Å². The van der Waals surface area contributed by atoms with Crippen molar-refractivity contribution in [3.63, 3.8) is 0 Å². The molecule has 0 radical (unpaired) electrons. The number of rotatable bonds is 8. The first-order valence-corrected chi connectivity index (χ1v) is 6.15. The molecule has 0 aliphatic heterocycles. The van der Waals surface area contributed by atoms with Crippen LogP contribution in [0.1, 0.15) is 17.7 Å². The maximum Gasteiger partial charge on any atom is 0.129 e. The molecule has 2 rings (SSSR count). The summed E-state index contributed by atoms with van der Waals surface area (Å²) in [6.07, 6.45) is 6.27. The Balaban J connectivity index is 1.47. The summed E-state index contributed by atoms with van der Waals surface area (Å²) in [5.41, 5.74) is 1.25. The smallest absolute Gasteiger partial charge is 0.129 e. The lowest BCUT2D eigenvalue weighted by molar-refractivity contribution is 0.104. The zero-order valence-electron chi connectivity index (χ0n) is 10.3. The van der Waals surface area contributed by atoms with Crippen LogP contribution in [0.4, 0.5) is 0 Å². The van der Waals surface area contributed by atoms with E-state index in [1.54, 1.807) is 6.26 Å². The number of furan rings is 1. The summed E-state index contributed by atoms with van der Waals surface area (Å²) in [6.45, 7) is 3.11. The minimum Gasteiger partial charge on any atom is -0.467 e. The van der Waals surface area contributed by atoms with Gasteiger partial charge in [0.1, 0.15) is 12.4 Å². The molecule has 0 saturated carbocycles. The van der Waals surface area contributed by atoms with Crippen molar-refractivity contribution in [2.45, 2.75) is 19.6 Å². The third-order valence-corrected chi connectivity index (χ3v) is 2.55. The van der Waals surface area contributed by atoms with Crippen molar-refractivity contribution in [1.82, 2.24) is 10.3 Å². The fraction of sp³-hybridized carbons (Fsp3) is 0.357. The van der Waals surface area contributed by atoms with E-state index in [0.717, 1.165) is 31.9 Å². The van der Waals surface area contributed by atoms with Gasteiger partial charge in [0.25, 0.3) is 0 Å². The molecule has 0 atom stereocenters. The summed E-state index contributed by atoms with van der Waals surface area (Å²) in [7, 11) is 0. The Kier molecular flexibility index (Phi) is 5.43. The molecule has 4 heteroatoms. The highest BCUT2D eigenvalue weighted by Gasteiger charge is 1.95. The van der Waals surface area contributed by atoms with Crippen LogP contribution in [0, 0.1) is 0 Å². The van der Waals surface area contributed by atoms with E-state index < -0.39 is 0 Å². The Morgan fingerprint density at radius 1 is 1.22 bits per heavy atom. The monoisotopic (exact) mass is 246 g/mol. The quantitative estimate of drug-likeness (QED) is 0.726. The molecule has 0 saturated heterocycles. The number of aromatic nitrogens is 1. The predicted molar refractivity (Wildman–Crippen MR) is 68.9 cm³/mol. The molecule has 0 bridgehead atoms. The molecule has 0 unspecified atom stereocenters. The summed E-state index contributed by atoms with van der Waals surface area (Å²) < 4.78 is 10.7. The molecular weight excluding hydrogens is 228 g/mol. The Hall–Kier alpha value is -1.65. The Morgan fingerprint density at radius 2 is 2.11 bits per heavy atom. The van der Waals surface area contributed by atoms with Gasteiger partial charge < -0.3 is 14.5 Å². The van der Waals surface area contributed by atoms with E-state index in [1.165, 1.54) is 5.56 Å². The van der Waals surface area contributed by atoms with Crippen molar-refractivity contribution < 1.29 is 9.15 Å². The highest BCUT2D eigenvalue weighted by Crippen LogP contribution is 2.01. The molecule has 0 aromatic carbocycles. The summed E-state index contributed by atoms with van der Waals surface area (Å²) in [5, 5.41) is 3.36. The molecule has 0 fully saturated rings. The molecule has 0 spiro atoms. The molecule has 96 valence electrons. The SMILES string of the molecule is c1coc(COCCCNCc2ccncc2)c1. The zero-order valence-corrected chi connectivity index (χ0v) is 10.3. The van der Waals surface area contributed by atoms with Crippen LogP contribution in [0.5, 0.6) is 0 Å². The van der Waals surface area contributed by atoms with Gasteiger partial charge in [0.05, 0.1) is 6.26 Å². The van der Waals surface area contributed by atoms with Crippen molar-refractivity contribution in [2.24, 2.45) is 0 Å². The van der Waals surface area contributed by atoms with E-state index in [0.29, 0.717) is 6.61 Å². The van der Waals surface area contributed by atoms with Crippen LogP contribution in [0.15, 0.2) is 47.3 Å². The topological polar surface area (TPSA) is 47.3 Å². The van der Waals surface area contributed by atoms with Crippen molar-refractivity contribution in [3.05, 3.63) is 54.2 Å². The molecule has 0 amide bonds. The highest BCUT2D eigenvalue weighted by molar-refractivity contribution is 5.08. The Labute approximate surface area is 107 Å². The van der Waals surface area contributed by atoms with Crippen molar-refractivity contribution in [3.8, 4) is 0 Å². The standard InChI is InChI=1S/C14H18N2O2/c1-3-14(18-10-1)12-17-9-2-6-16-11-13-4-7-15-8-5-13/h1,3-5,7-8,10,16H,2,6,9,11-12H2. The molecule has 0 aliphatic carbocycles. The first-order valence-electron chi connectivity index (χ1n) is 6.15. The second kappa shape index (κ2) is 7.63. The van der Waals surface area contributed by atoms with Gasteiger partial charge >= 0.3 is 0 Å². The van der Waals surface area contributed by atoms with Gasteiger partial charge in [0.2, 0.25) is 0 Å². The van der Waals surface area contributed by atoms with Crippen LogP contribution >= 0.6 is 0 Å². The molecule has 1 N–H and O–H groups in total. The van der Waals surface area contributed by atoms with E-state index in [-0.39, 0.29) is 0 Å². The van der Waals surface area contributed by atoms with Crippen LogP contribution in [0.2, 0.25) is 0 Å². The first kappa shape index (κ1) is 12.8. The molecule has 18 heavy (non-hydrogen) atoms.